The zero-order chi connectivity index (χ0) is 22.0. The van der Waals surface area contributed by atoms with Crippen molar-refractivity contribution in [2.75, 3.05) is 19.8 Å². The number of hydrogen-bond donors (Lipinski definition) is 3. The highest BCUT2D eigenvalue weighted by Crippen LogP contribution is 2.61. The van der Waals surface area contributed by atoms with Crippen molar-refractivity contribution in [3.63, 3.8) is 0 Å². The van der Waals surface area contributed by atoms with Gasteiger partial charge in [-0.3, -0.25) is 24.4 Å². The summed E-state index contributed by atoms with van der Waals surface area (Å²) in [5.41, 5.74) is -0.786. The fourth-order valence-corrected chi connectivity index (χ4v) is 5.85. The Labute approximate surface area is 182 Å². The number of nitrogens with one attached hydrogen (secondary N) is 2. The zero-order valence-electron chi connectivity index (χ0n) is 18.1. The van der Waals surface area contributed by atoms with E-state index in [0.29, 0.717) is 36.8 Å². The highest BCUT2D eigenvalue weighted by molar-refractivity contribution is 5.93. The quantitative estimate of drug-likeness (QED) is 0.217. The lowest BCUT2D eigenvalue weighted by Gasteiger charge is -2.31. The summed E-state index contributed by atoms with van der Waals surface area (Å²) in [4.78, 5) is 51.0. The third-order valence-corrected chi connectivity index (χ3v) is 7.91. The van der Waals surface area contributed by atoms with Crippen LogP contribution < -0.4 is 10.6 Å². The molecule has 0 bridgehead atoms. The Morgan fingerprint density at radius 1 is 1.00 bits per heavy atom. The summed E-state index contributed by atoms with van der Waals surface area (Å²) in [6.07, 6.45) is 9.66. The van der Waals surface area contributed by atoms with Gasteiger partial charge in [-0.05, 0) is 43.9 Å². The second-order valence-electron chi connectivity index (χ2n) is 9.76. The molecule has 2 unspecified atom stereocenters. The first-order valence-corrected chi connectivity index (χ1v) is 11.7. The number of carbonyl (C=O) groups excluding carboxylic acids is 4. The fraction of sp³-hybridized carbons (Fsp3) is 0.818. The van der Waals surface area contributed by atoms with Crippen LogP contribution in [0.2, 0.25) is 0 Å². The maximum absolute atomic E-state index is 13.6. The Bertz CT molecular complexity index is 721. The number of likely N-dealkylation sites (tertiary alicyclic amines) is 1. The first-order valence-electron chi connectivity index (χ1n) is 11.7. The smallest absolute Gasteiger partial charge is 0.244 e. The molecule has 0 radical (unpaired) electrons. The SMILES string of the molecule is O=CN(O)CC1(C(=O)N2CCC[C@H]2C(=O)NCNC(=O)C2CCC2)CC1C1CCCC1. The standard InChI is InChI=1S/C22H34N4O5/c27-14-25(31)12-22(11-17(22)15-5-1-2-6-15)21(30)26-10-4-9-18(26)20(29)24-13-23-19(28)16-7-3-8-16/h14-18,31H,1-13H2,(H,23,28)(H,24,29)/t17?,18-,22?/m0/s1. The van der Waals surface area contributed by atoms with E-state index < -0.39 is 11.5 Å². The molecule has 172 valence electrons. The van der Waals surface area contributed by atoms with E-state index in [0.717, 1.165) is 51.4 Å². The molecule has 4 amide bonds. The minimum absolute atomic E-state index is 0.0151. The molecule has 1 saturated heterocycles. The fourth-order valence-electron chi connectivity index (χ4n) is 5.85. The van der Waals surface area contributed by atoms with Gasteiger partial charge < -0.3 is 15.5 Å². The van der Waals surface area contributed by atoms with Gasteiger partial charge >= 0.3 is 0 Å². The van der Waals surface area contributed by atoms with E-state index in [2.05, 4.69) is 10.6 Å². The Kier molecular flexibility index (Phi) is 6.50. The lowest BCUT2D eigenvalue weighted by molar-refractivity contribution is -0.160. The van der Waals surface area contributed by atoms with Gasteiger partial charge in [-0.15, -0.1) is 0 Å². The number of carbonyl (C=O) groups is 4. The van der Waals surface area contributed by atoms with E-state index >= 15 is 0 Å². The molecule has 0 spiro atoms. The van der Waals surface area contributed by atoms with Gasteiger partial charge in [-0.25, -0.2) is 5.06 Å². The van der Waals surface area contributed by atoms with Gasteiger partial charge in [-0.1, -0.05) is 32.1 Å². The van der Waals surface area contributed by atoms with Crippen molar-refractivity contribution in [3.05, 3.63) is 0 Å². The zero-order valence-corrected chi connectivity index (χ0v) is 18.1. The van der Waals surface area contributed by atoms with E-state index in [1.165, 1.54) is 0 Å². The van der Waals surface area contributed by atoms with Crippen molar-refractivity contribution in [1.82, 2.24) is 20.6 Å². The van der Waals surface area contributed by atoms with Crippen molar-refractivity contribution < 1.29 is 24.4 Å². The molecular weight excluding hydrogens is 400 g/mol. The van der Waals surface area contributed by atoms with Crippen molar-refractivity contribution in [3.8, 4) is 0 Å². The van der Waals surface area contributed by atoms with Crippen LogP contribution in [-0.2, 0) is 19.2 Å². The molecule has 9 heteroatoms. The first kappa shape index (κ1) is 22.0. The predicted molar refractivity (Wildman–Crippen MR) is 110 cm³/mol. The number of hydrogen-bond acceptors (Lipinski definition) is 5. The maximum Gasteiger partial charge on any atom is 0.244 e. The summed E-state index contributed by atoms with van der Waals surface area (Å²) in [6.45, 7) is 0.549. The highest BCUT2D eigenvalue weighted by atomic mass is 16.5. The minimum Gasteiger partial charge on any atom is -0.338 e. The topological polar surface area (TPSA) is 119 Å². The van der Waals surface area contributed by atoms with Crippen molar-refractivity contribution in [2.45, 2.75) is 70.3 Å². The van der Waals surface area contributed by atoms with Crippen LogP contribution in [0, 0.1) is 23.2 Å². The lowest BCUT2D eigenvalue weighted by Crippen LogP contribution is -2.52. The molecule has 3 atom stereocenters. The third-order valence-electron chi connectivity index (χ3n) is 7.91. The molecule has 1 heterocycles. The summed E-state index contributed by atoms with van der Waals surface area (Å²) in [5.74, 6) is 0.247. The number of nitrogens with zero attached hydrogens (tertiary/aromatic N) is 2. The summed E-state index contributed by atoms with van der Waals surface area (Å²) in [6, 6.07) is -0.571. The summed E-state index contributed by atoms with van der Waals surface area (Å²) >= 11 is 0. The Hall–Kier alpha value is -2.16. The molecule has 4 fully saturated rings. The molecule has 0 aromatic heterocycles. The van der Waals surface area contributed by atoms with Gasteiger partial charge in [0.15, 0.2) is 0 Å². The number of amides is 4. The second kappa shape index (κ2) is 9.14. The first-order chi connectivity index (χ1) is 15.0. The number of hydroxylamine groups is 2. The highest BCUT2D eigenvalue weighted by Gasteiger charge is 2.65. The predicted octanol–water partition coefficient (Wildman–Crippen LogP) is 1.01. The molecular formula is C22H34N4O5. The van der Waals surface area contributed by atoms with Crippen LogP contribution in [0.15, 0.2) is 0 Å². The third kappa shape index (κ3) is 4.42. The van der Waals surface area contributed by atoms with Gasteiger partial charge in [-0.2, -0.15) is 0 Å². The molecule has 0 aromatic carbocycles. The van der Waals surface area contributed by atoms with E-state index in [9.17, 15) is 24.4 Å². The van der Waals surface area contributed by atoms with Crippen LogP contribution in [0.5, 0.6) is 0 Å². The van der Waals surface area contributed by atoms with Crippen LogP contribution in [0.1, 0.15) is 64.2 Å². The summed E-state index contributed by atoms with van der Waals surface area (Å²) in [7, 11) is 0. The van der Waals surface area contributed by atoms with Gasteiger partial charge in [0, 0.05) is 12.5 Å². The van der Waals surface area contributed by atoms with Crippen LogP contribution in [0.25, 0.3) is 0 Å². The van der Waals surface area contributed by atoms with Crippen molar-refractivity contribution >= 4 is 24.1 Å². The van der Waals surface area contributed by atoms with Gasteiger partial charge in [0.25, 0.3) is 0 Å². The molecule has 4 aliphatic rings. The van der Waals surface area contributed by atoms with Crippen LogP contribution in [-0.4, -0.2) is 65.1 Å². The minimum atomic E-state index is -0.786. The van der Waals surface area contributed by atoms with E-state index in [-0.39, 0.29) is 42.8 Å². The summed E-state index contributed by atoms with van der Waals surface area (Å²) < 4.78 is 0. The molecule has 9 nitrogen and oxygen atoms in total. The molecule has 3 aliphatic carbocycles. The Balaban J connectivity index is 1.37. The van der Waals surface area contributed by atoms with Crippen LogP contribution >= 0.6 is 0 Å². The van der Waals surface area contributed by atoms with E-state index in [4.69, 9.17) is 0 Å². The molecule has 4 rings (SSSR count). The van der Waals surface area contributed by atoms with Gasteiger partial charge in [0.05, 0.1) is 18.6 Å². The molecule has 1 aliphatic heterocycles. The monoisotopic (exact) mass is 434 g/mol. The van der Waals surface area contributed by atoms with Crippen LogP contribution in [0.3, 0.4) is 0 Å². The molecule has 3 saturated carbocycles. The summed E-state index contributed by atoms with van der Waals surface area (Å²) in [5, 5.41) is 16.0. The maximum atomic E-state index is 13.6. The van der Waals surface area contributed by atoms with E-state index in [1.807, 2.05) is 0 Å². The largest absolute Gasteiger partial charge is 0.338 e. The van der Waals surface area contributed by atoms with Gasteiger partial charge in [0.1, 0.15) is 6.04 Å². The van der Waals surface area contributed by atoms with Gasteiger partial charge in [0.2, 0.25) is 24.1 Å². The molecule has 31 heavy (non-hydrogen) atoms. The van der Waals surface area contributed by atoms with E-state index in [1.54, 1.807) is 4.90 Å². The lowest BCUT2D eigenvalue weighted by atomic mass is 9.85. The molecule has 3 N–H and O–H groups in total. The Morgan fingerprint density at radius 3 is 2.35 bits per heavy atom. The second-order valence-corrected chi connectivity index (χ2v) is 9.76. The average Bonchev–Trinajstić information content (AvgIpc) is 3.10. The normalized spacial score (nSPS) is 30.5. The van der Waals surface area contributed by atoms with Crippen molar-refractivity contribution in [2.24, 2.45) is 23.2 Å². The van der Waals surface area contributed by atoms with Crippen molar-refractivity contribution in [1.29, 1.82) is 0 Å². The number of rotatable bonds is 9. The Morgan fingerprint density at radius 2 is 1.71 bits per heavy atom. The average molecular weight is 435 g/mol. The molecule has 0 aromatic rings. The van der Waals surface area contributed by atoms with Crippen LogP contribution in [0.4, 0.5) is 0 Å².